The highest BCUT2D eigenvalue weighted by Gasteiger charge is 2.75. The van der Waals surface area contributed by atoms with Crippen LogP contribution in [0.3, 0.4) is 0 Å². The summed E-state index contributed by atoms with van der Waals surface area (Å²) in [6.45, 7) is 8.67. The van der Waals surface area contributed by atoms with Crippen molar-refractivity contribution in [1.82, 2.24) is 9.80 Å². The Hall–Kier alpha value is -2.68. The molecule has 2 saturated heterocycles. The van der Waals surface area contributed by atoms with Crippen molar-refractivity contribution in [3.05, 3.63) is 53.6 Å². The third kappa shape index (κ3) is 3.91. The molecule has 4 aliphatic heterocycles. The monoisotopic (exact) mass is 541 g/mol. The maximum Gasteiger partial charge on any atom is 0.253 e. The Morgan fingerprint density at radius 2 is 1.71 bits per heavy atom. The van der Waals surface area contributed by atoms with E-state index in [9.17, 15) is 19.5 Å². The number of nitrogens with zero attached hydrogens (tertiary/aromatic N) is 3. The van der Waals surface area contributed by atoms with Crippen molar-refractivity contribution in [2.24, 2.45) is 17.8 Å². The van der Waals surface area contributed by atoms with Gasteiger partial charge in [-0.15, -0.1) is 0 Å². The van der Waals surface area contributed by atoms with Crippen molar-refractivity contribution in [2.75, 3.05) is 31.1 Å². The number of likely N-dealkylation sites (tertiary alicyclic amines) is 1. The molecule has 204 valence electrons. The number of hydrogen-bond donors (Lipinski definition) is 1. The van der Waals surface area contributed by atoms with Crippen molar-refractivity contribution in [1.29, 1.82) is 0 Å². The van der Waals surface area contributed by atoms with Gasteiger partial charge in [-0.1, -0.05) is 56.7 Å². The number of carbonyl (C=O) groups excluding carboxylic acids is 3. The van der Waals surface area contributed by atoms with E-state index in [1.807, 2.05) is 52.0 Å². The zero-order chi connectivity index (χ0) is 27.4. The van der Waals surface area contributed by atoms with Crippen LogP contribution in [0.1, 0.15) is 34.1 Å². The van der Waals surface area contributed by atoms with Crippen LogP contribution in [-0.2, 0) is 19.1 Å². The zero-order valence-electron chi connectivity index (χ0n) is 22.3. The van der Waals surface area contributed by atoms with E-state index in [1.165, 1.54) is 4.90 Å². The number of halogens is 1. The SMILES string of the molecule is CCCN1CC=C[C@]2(C)O[C@]34C=CCN(c5ccc(Cl)cc5)C(=O)C3N([C@@H](CO)C(C)C)C(=O)[C@@H]4[C@@H]2C1=O. The molecule has 0 aliphatic carbocycles. The molecule has 6 atom stereocenters. The average Bonchev–Trinajstić information content (AvgIpc) is 3.14. The molecule has 3 amide bonds. The van der Waals surface area contributed by atoms with Gasteiger partial charge in [0.2, 0.25) is 11.8 Å². The Bertz CT molecular complexity index is 1180. The second-order valence-electron chi connectivity index (χ2n) is 11.3. The minimum absolute atomic E-state index is 0.128. The Kier molecular flexibility index (Phi) is 6.95. The number of hydrogen-bond acceptors (Lipinski definition) is 5. The fourth-order valence-electron chi connectivity index (χ4n) is 6.81. The lowest BCUT2D eigenvalue weighted by molar-refractivity contribution is -0.152. The summed E-state index contributed by atoms with van der Waals surface area (Å²) >= 11 is 6.10. The Labute approximate surface area is 228 Å². The first-order valence-corrected chi connectivity index (χ1v) is 13.8. The molecule has 1 aromatic carbocycles. The van der Waals surface area contributed by atoms with E-state index in [1.54, 1.807) is 34.1 Å². The summed E-state index contributed by atoms with van der Waals surface area (Å²) in [5.74, 6) is -2.60. The maximum absolute atomic E-state index is 14.5. The number of anilines is 1. The van der Waals surface area contributed by atoms with Crippen molar-refractivity contribution in [2.45, 2.75) is 57.4 Å². The van der Waals surface area contributed by atoms with Gasteiger partial charge in [-0.05, 0) is 43.5 Å². The number of benzene rings is 1. The number of fused-ring (bicyclic) bond motifs is 2. The Morgan fingerprint density at radius 3 is 2.34 bits per heavy atom. The fourth-order valence-corrected chi connectivity index (χ4v) is 6.94. The highest BCUT2D eigenvalue weighted by atomic mass is 35.5. The first-order valence-electron chi connectivity index (χ1n) is 13.4. The van der Waals surface area contributed by atoms with Crippen LogP contribution in [0.2, 0.25) is 5.02 Å². The molecule has 8 nitrogen and oxygen atoms in total. The molecule has 1 aromatic rings. The number of rotatable bonds is 6. The number of aliphatic hydroxyl groups is 1. The molecule has 1 N–H and O–H groups in total. The number of amides is 3. The fraction of sp³-hybridized carbons (Fsp3) is 0.552. The van der Waals surface area contributed by atoms with Crippen LogP contribution < -0.4 is 4.90 Å². The van der Waals surface area contributed by atoms with Crippen LogP contribution in [0, 0.1) is 17.8 Å². The van der Waals surface area contributed by atoms with Gasteiger partial charge in [0.15, 0.2) is 0 Å². The molecule has 2 fully saturated rings. The van der Waals surface area contributed by atoms with Crippen LogP contribution >= 0.6 is 11.6 Å². The van der Waals surface area contributed by atoms with Gasteiger partial charge in [0.05, 0.1) is 30.1 Å². The van der Waals surface area contributed by atoms with Crippen LogP contribution in [0.15, 0.2) is 48.6 Å². The summed E-state index contributed by atoms with van der Waals surface area (Å²) < 4.78 is 6.84. The van der Waals surface area contributed by atoms with E-state index in [0.717, 1.165) is 6.42 Å². The second kappa shape index (κ2) is 9.81. The third-order valence-corrected chi connectivity index (χ3v) is 8.78. The smallest absolute Gasteiger partial charge is 0.253 e. The largest absolute Gasteiger partial charge is 0.394 e. The van der Waals surface area contributed by atoms with E-state index >= 15 is 0 Å². The first kappa shape index (κ1) is 26.9. The lowest BCUT2D eigenvalue weighted by atomic mass is 9.74. The molecule has 0 bridgehead atoms. The lowest BCUT2D eigenvalue weighted by Crippen LogP contribution is -2.59. The molecule has 5 rings (SSSR count). The first-order chi connectivity index (χ1) is 18.1. The van der Waals surface area contributed by atoms with Gasteiger partial charge in [0, 0.05) is 30.3 Å². The average molecular weight is 542 g/mol. The molecule has 0 radical (unpaired) electrons. The molecule has 0 aromatic heterocycles. The summed E-state index contributed by atoms with van der Waals surface area (Å²) in [6, 6.07) is 5.32. The molecule has 38 heavy (non-hydrogen) atoms. The predicted molar refractivity (Wildman–Crippen MR) is 145 cm³/mol. The molecule has 9 heteroatoms. The summed E-state index contributed by atoms with van der Waals surface area (Å²) in [4.78, 5) is 47.8. The van der Waals surface area contributed by atoms with E-state index in [4.69, 9.17) is 16.3 Å². The molecular weight excluding hydrogens is 506 g/mol. The van der Waals surface area contributed by atoms with Crippen LogP contribution in [-0.4, -0.2) is 82.2 Å². The normalized spacial score (nSPS) is 33.4. The highest BCUT2D eigenvalue weighted by Crippen LogP contribution is 2.58. The van der Waals surface area contributed by atoms with Gasteiger partial charge in [0.25, 0.3) is 5.91 Å². The summed E-state index contributed by atoms with van der Waals surface area (Å²) in [7, 11) is 0. The number of carbonyl (C=O) groups is 3. The van der Waals surface area contributed by atoms with Gasteiger partial charge >= 0.3 is 0 Å². The number of ether oxygens (including phenoxy) is 1. The summed E-state index contributed by atoms with van der Waals surface area (Å²) in [5, 5.41) is 11.0. The van der Waals surface area contributed by atoms with E-state index < -0.39 is 35.1 Å². The molecule has 1 unspecified atom stereocenters. The molecule has 4 aliphatic rings. The molecule has 4 heterocycles. The topological polar surface area (TPSA) is 90.4 Å². The van der Waals surface area contributed by atoms with Crippen molar-refractivity contribution < 1.29 is 24.2 Å². The standard InChI is InChI=1S/C29H36ClN3O5/c1-5-14-31-15-6-12-28(4)22(25(31)35)23-26(36)33(21(17-34)18(2)3)24-27(37)32(16-7-13-29(23,24)38-28)20-10-8-19(30)9-11-20/h6-13,18,21-24,34H,5,14-17H2,1-4H3/t21-,22+,23-,24?,28-,29-/m0/s1. The quantitative estimate of drug-likeness (QED) is 0.559. The van der Waals surface area contributed by atoms with E-state index in [-0.39, 0.29) is 36.8 Å². The Balaban J connectivity index is 1.68. The predicted octanol–water partition coefficient (Wildman–Crippen LogP) is 3.04. The van der Waals surface area contributed by atoms with Gasteiger partial charge < -0.3 is 24.5 Å². The number of aliphatic hydroxyl groups excluding tert-OH is 1. The zero-order valence-corrected chi connectivity index (χ0v) is 23.1. The van der Waals surface area contributed by atoms with E-state index in [0.29, 0.717) is 23.8 Å². The minimum Gasteiger partial charge on any atom is -0.394 e. The Morgan fingerprint density at radius 1 is 1.03 bits per heavy atom. The van der Waals surface area contributed by atoms with Crippen molar-refractivity contribution in [3.63, 3.8) is 0 Å². The van der Waals surface area contributed by atoms with Gasteiger partial charge in [0.1, 0.15) is 11.6 Å². The van der Waals surface area contributed by atoms with Crippen LogP contribution in [0.5, 0.6) is 0 Å². The molecule has 1 spiro atoms. The molecular formula is C29H36ClN3O5. The lowest BCUT2D eigenvalue weighted by Gasteiger charge is -2.41. The molecule has 0 saturated carbocycles. The van der Waals surface area contributed by atoms with E-state index in [2.05, 4.69) is 0 Å². The maximum atomic E-state index is 14.5. The van der Waals surface area contributed by atoms with Gasteiger partial charge in [-0.25, -0.2) is 0 Å². The van der Waals surface area contributed by atoms with Crippen molar-refractivity contribution >= 4 is 35.0 Å². The summed E-state index contributed by atoms with van der Waals surface area (Å²) in [6.07, 6.45) is 8.28. The van der Waals surface area contributed by atoms with Gasteiger partial charge in [-0.2, -0.15) is 0 Å². The minimum atomic E-state index is -1.35. The second-order valence-corrected chi connectivity index (χ2v) is 11.7. The third-order valence-electron chi connectivity index (χ3n) is 8.52. The summed E-state index contributed by atoms with van der Waals surface area (Å²) in [5.41, 5.74) is -1.77. The van der Waals surface area contributed by atoms with Crippen molar-refractivity contribution in [3.8, 4) is 0 Å². The van der Waals surface area contributed by atoms with Gasteiger partial charge in [-0.3, -0.25) is 14.4 Å². The van der Waals surface area contributed by atoms with Crippen LogP contribution in [0.4, 0.5) is 5.69 Å². The highest BCUT2D eigenvalue weighted by molar-refractivity contribution is 6.30. The van der Waals surface area contributed by atoms with Crippen LogP contribution in [0.25, 0.3) is 0 Å².